The summed E-state index contributed by atoms with van der Waals surface area (Å²) < 4.78 is 27.6. The molecule has 4 rings (SSSR count). The molecule has 2 heterocycles. The van der Waals surface area contributed by atoms with Crippen molar-refractivity contribution in [3.63, 3.8) is 0 Å². The lowest BCUT2D eigenvalue weighted by Gasteiger charge is -2.30. The van der Waals surface area contributed by atoms with Crippen LogP contribution in [-0.2, 0) is 0 Å². The van der Waals surface area contributed by atoms with E-state index in [4.69, 9.17) is 0 Å². The van der Waals surface area contributed by atoms with Crippen LogP contribution in [0.15, 0.2) is 48.7 Å². The molecule has 0 atom stereocenters. The molecule has 2 N–H and O–H groups in total. The van der Waals surface area contributed by atoms with Gasteiger partial charge in [0.25, 0.3) is 12.3 Å². The van der Waals surface area contributed by atoms with E-state index < -0.39 is 6.43 Å². The van der Waals surface area contributed by atoms with Gasteiger partial charge >= 0.3 is 0 Å². The van der Waals surface area contributed by atoms with E-state index >= 15 is 0 Å². The minimum Gasteiger partial charge on any atom is -0.378 e. The molecule has 31 heavy (non-hydrogen) atoms. The number of nitrogens with one attached hydrogen (secondary N) is 2. The first-order chi connectivity index (χ1) is 14.9. The molecule has 0 unspecified atom stereocenters. The van der Waals surface area contributed by atoms with Crippen LogP contribution in [0.3, 0.4) is 0 Å². The van der Waals surface area contributed by atoms with Crippen molar-refractivity contribution < 1.29 is 13.6 Å². The van der Waals surface area contributed by atoms with Crippen molar-refractivity contribution in [2.45, 2.75) is 44.2 Å². The van der Waals surface area contributed by atoms with Crippen LogP contribution in [0.5, 0.6) is 0 Å². The largest absolute Gasteiger partial charge is 0.378 e. The Bertz CT molecular complexity index is 1040. The standard InChI is InChI=1S/C23H27F2N5O/c1-29(2)18-12-6-15(7-13-18)23(31)27-17-10-8-16(9-11-17)26-20-4-3-5-21-28-19(22(24)25)14-30(20)21/h3-7,12-14,16-17,22,26H,8-11H2,1-2H3,(H,27,31)/t16-,17+. The number of rotatable bonds is 6. The summed E-state index contributed by atoms with van der Waals surface area (Å²) >= 11 is 0. The second-order valence-corrected chi connectivity index (χ2v) is 8.21. The first-order valence-electron chi connectivity index (χ1n) is 10.5. The zero-order valence-corrected chi connectivity index (χ0v) is 17.7. The number of hydrogen-bond acceptors (Lipinski definition) is 4. The predicted octanol–water partition coefficient (Wildman–Crippen LogP) is 4.49. The summed E-state index contributed by atoms with van der Waals surface area (Å²) in [4.78, 5) is 18.5. The van der Waals surface area contributed by atoms with E-state index in [0.717, 1.165) is 37.2 Å². The molecule has 2 aromatic heterocycles. The molecule has 1 aromatic carbocycles. The summed E-state index contributed by atoms with van der Waals surface area (Å²) in [5.74, 6) is 0.704. The Morgan fingerprint density at radius 1 is 1.06 bits per heavy atom. The van der Waals surface area contributed by atoms with Crippen LogP contribution in [-0.4, -0.2) is 41.5 Å². The molecule has 0 saturated heterocycles. The number of hydrogen-bond donors (Lipinski definition) is 2. The number of halogens is 2. The summed E-state index contributed by atoms with van der Waals surface area (Å²) in [6.45, 7) is 0. The van der Waals surface area contributed by atoms with Gasteiger partial charge in [0, 0.05) is 43.6 Å². The number of imidazole rings is 1. The molecule has 1 amide bonds. The SMILES string of the molecule is CN(C)c1ccc(C(=O)N[C@H]2CC[C@@H](Nc3cccc4nc(C(F)F)cn34)CC2)cc1. The van der Waals surface area contributed by atoms with Crippen LogP contribution in [0.4, 0.5) is 20.3 Å². The molecule has 6 nitrogen and oxygen atoms in total. The predicted molar refractivity (Wildman–Crippen MR) is 118 cm³/mol. The van der Waals surface area contributed by atoms with Gasteiger partial charge in [-0.2, -0.15) is 0 Å². The fourth-order valence-corrected chi connectivity index (χ4v) is 4.02. The maximum atomic E-state index is 13.0. The molecule has 8 heteroatoms. The summed E-state index contributed by atoms with van der Waals surface area (Å²) in [5, 5.41) is 6.59. The van der Waals surface area contributed by atoms with Gasteiger partial charge < -0.3 is 15.5 Å². The van der Waals surface area contributed by atoms with Crippen LogP contribution in [0.2, 0.25) is 0 Å². The van der Waals surface area contributed by atoms with E-state index in [1.54, 1.807) is 10.5 Å². The van der Waals surface area contributed by atoms with Crippen LogP contribution >= 0.6 is 0 Å². The molecule has 1 aliphatic carbocycles. The highest BCUT2D eigenvalue weighted by molar-refractivity contribution is 5.94. The molecule has 0 aliphatic heterocycles. The van der Waals surface area contributed by atoms with Gasteiger partial charge in [-0.05, 0) is 62.1 Å². The molecule has 164 valence electrons. The van der Waals surface area contributed by atoms with Gasteiger partial charge in [-0.3, -0.25) is 9.20 Å². The van der Waals surface area contributed by atoms with Crippen LogP contribution < -0.4 is 15.5 Å². The third kappa shape index (κ3) is 4.78. The number of nitrogens with zero attached hydrogens (tertiary/aromatic N) is 3. The average molecular weight is 427 g/mol. The molecule has 0 spiro atoms. The second-order valence-electron chi connectivity index (χ2n) is 8.21. The molecule has 0 bridgehead atoms. The van der Waals surface area contributed by atoms with E-state index in [-0.39, 0.29) is 23.7 Å². The van der Waals surface area contributed by atoms with E-state index in [1.807, 2.05) is 55.4 Å². The van der Waals surface area contributed by atoms with Crippen molar-refractivity contribution >= 4 is 23.1 Å². The molecular formula is C23H27F2N5O. The Morgan fingerprint density at radius 2 is 1.74 bits per heavy atom. The molecule has 3 aromatic rings. The Kier molecular flexibility index (Phi) is 6.06. The summed E-state index contributed by atoms with van der Waals surface area (Å²) in [6.07, 6.45) is 2.29. The van der Waals surface area contributed by atoms with Gasteiger partial charge in [-0.1, -0.05) is 6.07 Å². The third-order valence-corrected chi connectivity index (χ3v) is 5.79. The van der Waals surface area contributed by atoms with Crippen molar-refractivity contribution in [1.82, 2.24) is 14.7 Å². The molecular weight excluding hydrogens is 400 g/mol. The summed E-state index contributed by atoms with van der Waals surface area (Å²) in [7, 11) is 3.93. The minimum absolute atomic E-state index is 0.0515. The average Bonchev–Trinajstić information content (AvgIpc) is 3.21. The first kappa shape index (κ1) is 21.1. The number of aromatic nitrogens is 2. The monoisotopic (exact) mass is 427 g/mol. The number of alkyl halides is 2. The van der Waals surface area contributed by atoms with Crippen molar-refractivity contribution in [1.29, 1.82) is 0 Å². The van der Waals surface area contributed by atoms with E-state index in [9.17, 15) is 13.6 Å². The highest BCUT2D eigenvalue weighted by Gasteiger charge is 2.23. The van der Waals surface area contributed by atoms with Gasteiger partial charge in [0.1, 0.15) is 17.2 Å². The Hall–Kier alpha value is -3.16. The molecule has 1 fully saturated rings. The molecule has 1 saturated carbocycles. The number of amides is 1. The van der Waals surface area contributed by atoms with Crippen LogP contribution in [0.25, 0.3) is 5.65 Å². The number of benzene rings is 1. The van der Waals surface area contributed by atoms with Crippen LogP contribution in [0, 0.1) is 0 Å². The highest BCUT2D eigenvalue weighted by atomic mass is 19.3. The van der Waals surface area contributed by atoms with Crippen LogP contribution in [0.1, 0.15) is 48.2 Å². The zero-order valence-electron chi connectivity index (χ0n) is 17.7. The van der Waals surface area contributed by atoms with Gasteiger partial charge in [0.15, 0.2) is 0 Å². The first-order valence-corrected chi connectivity index (χ1v) is 10.5. The quantitative estimate of drug-likeness (QED) is 0.609. The number of pyridine rings is 1. The number of carbonyl (C=O) groups is 1. The van der Waals surface area contributed by atoms with Crippen molar-refractivity contribution in [3.8, 4) is 0 Å². The van der Waals surface area contributed by atoms with E-state index in [2.05, 4.69) is 15.6 Å². The lowest BCUT2D eigenvalue weighted by molar-refractivity contribution is 0.0926. The number of anilines is 2. The molecule has 1 aliphatic rings. The van der Waals surface area contributed by atoms with Crippen molar-refractivity contribution in [3.05, 3.63) is 59.9 Å². The highest BCUT2D eigenvalue weighted by Crippen LogP contribution is 2.25. The lowest BCUT2D eigenvalue weighted by atomic mass is 9.91. The topological polar surface area (TPSA) is 61.7 Å². The number of carbonyl (C=O) groups excluding carboxylic acids is 1. The van der Waals surface area contributed by atoms with E-state index in [1.165, 1.54) is 6.20 Å². The van der Waals surface area contributed by atoms with E-state index in [0.29, 0.717) is 11.2 Å². The number of fused-ring (bicyclic) bond motifs is 1. The summed E-state index contributed by atoms with van der Waals surface area (Å²) in [5.41, 5.74) is 1.99. The minimum atomic E-state index is -2.59. The fraction of sp³-hybridized carbons (Fsp3) is 0.391. The zero-order chi connectivity index (χ0) is 22.0. The summed E-state index contributed by atoms with van der Waals surface area (Å²) in [6, 6.07) is 13.3. The Balaban J connectivity index is 1.33. The lowest BCUT2D eigenvalue weighted by Crippen LogP contribution is -2.40. The normalized spacial score (nSPS) is 18.9. The van der Waals surface area contributed by atoms with Gasteiger partial charge in [-0.15, -0.1) is 0 Å². The third-order valence-electron chi connectivity index (χ3n) is 5.79. The second kappa shape index (κ2) is 8.91. The Morgan fingerprint density at radius 3 is 2.39 bits per heavy atom. The maximum Gasteiger partial charge on any atom is 0.281 e. The van der Waals surface area contributed by atoms with Crippen molar-refractivity contribution in [2.24, 2.45) is 0 Å². The maximum absolute atomic E-state index is 13.0. The Labute approximate surface area is 180 Å². The van der Waals surface area contributed by atoms with Crippen molar-refractivity contribution in [2.75, 3.05) is 24.3 Å². The smallest absolute Gasteiger partial charge is 0.281 e. The van der Waals surface area contributed by atoms with Gasteiger partial charge in [0.05, 0.1) is 0 Å². The molecule has 0 radical (unpaired) electrons. The van der Waals surface area contributed by atoms with Gasteiger partial charge in [0.2, 0.25) is 0 Å². The van der Waals surface area contributed by atoms with Gasteiger partial charge in [-0.25, -0.2) is 13.8 Å². The fourth-order valence-electron chi connectivity index (χ4n) is 4.02.